The summed E-state index contributed by atoms with van der Waals surface area (Å²) in [5.41, 5.74) is 3.86. The Morgan fingerprint density at radius 2 is 1.58 bits per heavy atom. The van der Waals surface area contributed by atoms with Gasteiger partial charge in [-0.1, -0.05) is 6.07 Å². The second kappa shape index (κ2) is 15.8. The predicted octanol–water partition coefficient (Wildman–Crippen LogP) is 4.39. The van der Waals surface area contributed by atoms with E-state index in [-0.39, 0.29) is 36.0 Å². The Hall–Kier alpha value is -5.27. The molecule has 0 spiro atoms. The van der Waals surface area contributed by atoms with Gasteiger partial charge in [-0.2, -0.15) is 0 Å². The molecule has 3 saturated heterocycles. The van der Waals surface area contributed by atoms with E-state index >= 15 is 0 Å². The van der Waals surface area contributed by atoms with Crippen LogP contribution in [0.5, 0.6) is 11.5 Å². The number of carbonyl (C=O) groups excluding carboxylic acids is 3. The van der Waals surface area contributed by atoms with Crippen LogP contribution in [0, 0.1) is 0 Å². The van der Waals surface area contributed by atoms with Gasteiger partial charge in [0.2, 0.25) is 5.91 Å². The first-order valence-electron chi connectivity index (χ1n) is 18.3. The first-order valence-corrected chi connectivity index (χ1v) is 18.3. The van der Waals surface area contributed by atoms with Gasteiger partial charge in [-0.3, -0.25) is 29.6 Å². The summed E-state index contributed by atoms with van der Waals surface area (Å²) >= 11 is 0. The zero-order valence-electron chi connectivity index (χ0n) is 30.5. The summed E-state index contributed by atoms with van der Waals surface area (Å²) in [7, 11) is 5.10. The molecule has 3 fully saturated rings. The Kier molecular flexibility index (Phi) is 10.7. The lowest BCUT2D eigenvalue weighted by Gasteiger charge is -2.37. The zero-order valence-corrected chi connectivity index (χ0v) is 30.5. The number of urea groups is 1. The smallest absolute Gasteiger partial charge is 0.328 e. The largest absolute Gasteiger partial charge is 0.496 e. The van der Waals surface area contributed by atoms with E-state index in [4.69, 9.17) is 14.2 Å². The first kappa shape index (κ1) is 36.1. The lowest BCUT2D eigenvalue weighted by atomic mass is 9.97. The highest BCUT2D eigenvalue weighted by molar-refractivity contribution is 6.06. The molecule has 3 aliphatic heterocycles. The van der Waals surface area contributed by atoms with Crippen LogP contribution >= 0.6 is 0 Å². The van der Waals surface area contributed by atoms with Gasteiger partial charge in [0.05, 0.1) is 31.8 Å². The molecule has 0 saturated carbocycles. The van der Waals surface area contributed by atoms with Gasteiger partial charge < -0.3 is 28.6 Å². The second-order valence-electron chi connectivity index (χ2n) is 14.0. The SMILES string of the molecule is COc1cc(-c2cn(C)c(=O)c3cnccc23)cc(OC)c1CCN1CCC(OC2CCN(C(=O)c3cccc(N4CCC(=O)NC4=O)c3)CC2)CC1. The molecule has 5 heterocycles. The van der Waals surface area contributed by atoms with Crippen LogP contribution in [0.25, 0.3) is 21.9 Å². The van der Waals surface area contributed by atoms with Crippen molar-refractivity contribution >= 4 is 34.3 Å². The number of hydrogen-bond donors (Lipinski definition) is 1. The molecule has 53 heavy (non-hydrogen) atoms. The van der Waals surface area contributed by atoms with Crippen molar-refractivity contribution in [2.24, 2.45) is 7.05 Å². The van der Waals surface area contributed by atoms with E-state index in [9.17, 15) is 19.2 Å². The van der Waals surface area contributed by atoms with E-state index in [2.05, 4.69) is 15.2 Å². The zero-order chi connectivity index (χ0) is 37.1. The quantitative estimate of drug-likeness (QED) is 0.253. The van der Waals surface area contributed by atoms with Gasteiger partial charge in [-0.05, 0) is 79.5 Å². The number of nitrogens with zero attached hydrogens (tertiary/aromatic N) is 5. The monoisotopic (exact) mass is 722 g/mol. The maximum atomic E-state index is 13.4. The van der Waals surface area contributed by atoms with Crippen molar-refractivity contribution in [3.05, 3.63) is 82.5 Å². The van der Waals surface area contributed by atoms with E-state index < -0.39 is 6.03 Å². The number of rotatable bonds is 10. The number of aryl methyl sites for hydroxylation is 1. The minimum atomic E-state index is -0.465. The number of imide groups is 1. The minimum absolute atomic E-state index is 0.0620. The van der Waals surface area contributed by atoms with Gasteiger partial charge in [0, 0.05) is 93.7 Å². The number of likely N-dealkylation sites (tertiary alicyclic amines) is 2. The third-order valence-corrected chi connectivity index (χ3v) is 10.7. The second-order valence-corrected chi connectivity index (χ2v) is 14.0. The van der Waals surface area contributed by atoms with Crippen molar-refractivity contribution in [1.82, 2.24) is 24.7 Å². The Bertz CT molecular complexity index is 2040. The van der Waals surface area contributed by atoms with Crippen LogP contribution in [0.3, 0.4) is 0 Å². The molecule has 0 bridgehead atoms. The molecule has 13 heteroatoms. The van der Waals surface area contributed by atoms with E-state index in [0.717, 1.165) is 85.3 Å². The van der Waals surface area contributed by atoms with Crippen LogP contribution < -0.4 is 25.2 Å². The number of amides is 4. The molecule has 278 valence electrons. The molecule has 7 rings (SSSR count). The lowest BCUT2D eigenvalue weighted by molar-refractivity contribution is -0.120. The van der Waals surface area contributed by atoms with Crippen LogP contribution in [0.4, 0.5) is 10.5 Å². The molecule has 1 N–H and O–H groups in total. The summed E-state index contributed by atoms with van der Waals surface area (Å²) < 4.78 is 19.9. The van der Waals surface area contributed by atoms with Crippen molar-refractivity contribution in [3.63, 3.8) is 0 Å². The van der Waals surface area contributed by atoms with Gasteiger partial charge in [-0.15, -0.1) is 0 Å². The number of nitrogens with one attached hydrogen (secondary N) is 1. The summed E-state index contributed by atoms with van der Waals surface area (Å²) in [5.74, 6) is 1.15. The molecule has 2 aromatic heterocycles. The average Bonchev–Trinajstić information content (AvgIpc) is 3.18. The fourth-order valence-corrected chi connectivity index (χ4v) is 7.73. The molecule has 0 atom stereocenters. The van der Waals surface area contributed by atoms with Gasteiger partial charge in [-0.25, -0.2) is 4.79 Å². The topological polar surface area (TPSA) is 136 Å². The number of piperidine rings is 2. The fourth-order valence-electron chi connectivity index (χ4n) is 7.73. The Morgan fingerprint density at radius 1 is 0.887 bits per heavy atom. The fraction of sp³-hybridized carbons (Fsp3) is 0.425. The molecule has 4 aromatic rings. The van der Waals surface area contributed by atoms with Gasteiger partial charge in [0.15, 0.2) is 0 Å². The number of methoxy groups -OCH3 is 2. The number of aromatic nitrogens is 2. The number of anilines is 1. The first-order chi connectivity index (χ1) is 25.7. The van der Waals surface area contributed by atoms with Crippen LogP contribution in [0.15, 0.2) is 65.8 Å². The van der Waals surface area contributed by atoms with Crippen LogP contribution in [0.1, 0.15) is 48.0 Å². The van der Waals surface area contributed by atoms with E-state index in [1.807, 2.05) is 29.3 Å². The van der Waals surface area contributed by atoms with Crippen molar-refractivity contribution in [2.75, 3.05) is 58.4 Å². The van der Waals surface area contributed by atoms with Crippen LogP contribution in [-0.2, 0) is 23.0 Å². The lowest BCUT2D eigenvalue weighted by Crippen LogP contribution is -2.49. The number of carbonyl (C=O) groups is 3. The number of fused-ring (bicyclic) bond motifs is 1. The highest BCUT2D eigenvalue weighted by Crippen LogP contribution is 2.37. The minimum Gasteiger partial charge on any atom is -0.496 e. The maximum Gasteiger partial charge on any atom is 0.328 e. The molecule has 0 unspecified atom stereocenters. The normalized spacial score (nSPS) is 17.6. The summed E-state index contributed by atoms with van der Waals surface area (Å²) in [5, 5.41) is 3.73. The summed E-state index contributed by atoms with van der Waals surface area (Å²) in [6, 6.07) is 12.5. The van der Waals surface area contributed by atoms with E-state index in [0.29, 0.717) is 36.3 Å². The van der Waals surface area contributed by atoms with Crippen molar-refractivity contribution in [2.45, 2.75) is 50.7 Å². The molecular weight excluding hydrogens is 676 g/mol. The molecule has 0 radical (unpaired) electrons. The van der Waals surface area contributed by atoms with Gasteiger partial charge in [0.25, 0.3) is 11.5 Å². The van der Waals surface area contributed by atoms with Crippen LogP contribution in [0.2, 0.25) is 0 Å². The van der Waals surface area contributed by atoms with Crippen molar-refractivity contribution < 1.29 is 28.6 Å². The van der Waals surface area contributed by atoms with E-state index in [1.165, 1.54) is 4.90 Å². The molecule has 2 aromatic carbocycles. The molecule has 4 amide bonds. The van der Waals surface area contributed by atoms with Crippen LogP contribution in [-0.4, -0.2) is 103 Å². The molecular formula is C40H46N6O7. The van der Waals surface area contributed by atoms with Crippen molar-refractivity contribution in [1.29, 1.82) is 0 Å². The summed E-state index contributed by atoms with van der Waals surface area (Å²) in [6.45, 7) is 4.24. The third-order valence-electron chi connectivity index (χ3n) is 10.7. The highest BCUT2D eigenvalue weighted by atomic mass is 16.5. The Balaban J connectivity index is 0.904. The molecule has 0 aliphatic carbocycles. The third kappa shape index (κ3) is 7.77. The molecule has 3 aliphatic rings. The van der Waals surface area contributed by atoms with E-state index in [1.54, 1.807) is 62.5 Å². The van der Waals surface area contributed by atoms with Gasteiger partial charge >= 0.3 is 6.03 Å². The summed E-state index contributed by atoms with van der Waals surface area (Å²) in [6.07, 6.45) is 9.91. The summed E-state index contributed by atoms with van der Waals surface area (Å²) in [4.78, 5) is 59.9. The Morgan fingerprint density at radius 3 is 2.26 bits per heavy atom. The Labute approximate surface area is 308 Å². The number of hydrogen-bond acceptors (Lipinski definition) is 9. The van der Waals surface area contributed by atoms with Gasteiger partial charge in [0.1, 0.15) is 11.5 Å². The number of pyridine rings is 2. The predicted molar refractivity (Wildman–Crippen MR) is 201 cm³/mol. The average molecular weight is 723 g/mol. The maximum absolute atomic E-state index is 13.4. The van der Waals surface area contributed by atoms with Crippen molar-refractivity contribution in [3.8, 4) is 22.6 Å². The molecule has 13 nitrogen and oxygen atoms in total. The standard InChI is InChI=1S/C40H46N6O7/c1-43-25-34(31-7-14-41-24-33(31)39(43)49)27-22-35(51-2)32(36(23-27)52-3)12-17-44-15-8-29(9-16-44)53-30-10-18-45(19-11-30)38(48)26-5-4-6-28(21-26)46-20-13-37(47)42-40(46)50/h4-7,14,21-25,29-30H,8-13,15-20H2,1-3H3,(H,42,47,50). The number of benzene rings is 2. The number of ether oxygens (including phenoxy) is 3. The highest BCUT2D eigenvalue weighted by Gasteiger charge is 2.30.